The van der Waals surface area contributed by atoms with E-state index in [1.54, 1.807) is 0 Å². The Balaban J connectivity index is 1.59. The fraction of sp³-hybridized carbons (Fsp3) is 0.588. The van der Waals surface area contributed by atoms with Gasteiger partial charge in [-0.3, -0.25) is 4.79 Å². The van der Waals surface area contributed by atoms with Crippen molar-refractivity contribution in [3.05, 3.63) is 24.3 Å². The van der Waals surface area contributed by atoms with Gasteiger partial charge in [-0.05, 0) is 56.5 Å². The third-order valence-corrected chi connectivity index (χ3v) is 4.48. The van der Waals surface area contributed by atoms with Gasteiger partial charge in [-0.2, -0.15) is 0 Å². The van der Waals surface area contributed by atoms with Crippen molar-refractivity contribution in [2.75, 3.05) is 29.9 Å². The maximum absolute atomic E-state index is 12.1. The van der Waals surface area contributed by atoms with Crippen molar-refractivity contribution in [2.24, 2.45) is 0 Å². The van der Waals surface area contributed by atoms with E-state index < -0.39 is 0 Å². The summed E-state index contributed by atoms with van der Waals surface area (Å²) in [5.74, 6) is 0.0926. The molecule has 1 atom stereocenters. The molecule has 1 aromatic rings. The Bertz CT molecular complexity index is 457. The van der Waals surface area contributed by atoms with Crippen molar-refractivity contribution in [1.82, 2.24) is 5.32 Å². The summed E-state index contributed by atoms with van der Waals surface area (Å²) in [4.78, 5) is 14.5. The summed E-state index contributed by atoms with van der Waals surface area (Å²) in [6.07, 6.45) is 7.29. The normalized spacial score (nSPS) is 22.9. The largest absolute Gasteiger partial charge is 0.372 e. The first-order valence-electron chi connectivity index (χ1n) is 8.22. The van der Waals surface area contributed by atoms with E-state index in [4.69, 9.17) is 0 Å². The average molecular weight is 287 g/mol. The van der Waals surface area contributed by atoms with Crippen molar-refractivity contribution in [2.45, 2.75) is 44.6 Å². The first-order valence-corrected chi connectivity index (χ1v) is 8.22. The van der Waals surface area contributed by atoms with E-state index in [0.29, 0.717) is 0 Å². The molecule has 0 spiro atoms. The lowest BCUT2D eigenvalue weighted by atomic mass is 10.2. The zero-order valence-corrected chi connectivity index (χ0v) is 12.6. The molecule has 2 aliphatic rings. The van der Waals surface area contributed by atoms with Crippen LogP contribution in [-0.4, -0.2) is 31.6 Å². The molecule has 21 heavy (non-hydrogen) atoms. The van der Waals surface area contributed by atoms with Gasteiger partial charge in [-0.15, -0.1) is 0 Å². The van der Waals surface area contributed by atoms with E-state index in [2.05, 4.69) is 27.7 Å². The molecule has 0 aliphatic carbocycles. The topological polar surface area (TPSA) is 44.4 Å². The van der Waals surface area contributed by atoms with Gasteiger partial charge < -0.3 is 15.5 Å². The molecule has 2 heterocycles. The Hall–Kier alpha value is -1.55. The number of nitrogens with one attached hydrogen (secondary N) is 2. The summed E-state index contributed by atoms with van der Waals surface area (Å²) in [7, 11) is 0. The van der Waals surface area contributed by atoms with Crippen LogP contribution in [0.5, 0.6) is 0 Å². The van der Waals surface area contributed by atoms with Crippen LogP contribution >= 0.6 is 0 Å². The molecule has 1 amide bonds. The fourth-order valence-electron chi connectivity index (χ4n) is 3.22. The van der Waals surface area contributed by atoms with Crippen LogP contribution in [0.3, 0.4) is 0 Å². The van der Waals surface area contributed by atoms with Crippen molar-refractivity contribution < 1.29 is 4.79 Å². The van der Waals surface area contributed by atoms with Crippen molar-refractivity contribution in [1.29, 1.82) is 0 Å². The van der Waals surface area contributed by atoms with E-state index in [0.717, 1.165) is 38.2 Å². The van der Waals surface area contributed by atoms with Crippen molar-refractivity contribution >= 4 is 17.3 Å². The van der Waals surface area contributed by atoms with Crippen molar-refractivity contribution in [3.63, 3.8) is 0 Å². The SMILES string of the molecule is O=C(Nc1ccc(N2CCCCCC2)cc1)[C@@H]1CCCN1. The quantitative estimate of drug-likeness (QED) is 0.898. The number of rotatable bonds is 3. The summed E-state index contributed by atoms with van der Waals surface area (Å²) in [6.45, 7) is 3.25. The summed E-state index contributed by atoms with van der Waals surface area (Å²) < 4.78 is 0. The monoisotopic (exact) mass is 287 g/mol. The summed E-state index contributed by atoms with van der Waals surface area (Å²) in [5, 5.41) is 6.23. The van der Waals surface area contributed by atoms with Crippen LogP contribution in [0.2, 0.25) is 0 Å². The molecular formula is C17H25N3O. The molecule has 0 saturated carbocycles. The van der Waals surface area contributed by atoms with Crippen molar-refractivity contribution in [3.8, 4) is 0 Å². The standard InChI is InChI=1S/C17H25N3O/c21-17(16-6-5-11-18-16)19-14-7-9-15(10-8-14)20-12-3-1-2-4-13-20/h7-10,16,18H,1-6,11-13H2,(H,19,21)/t16-/m0/s1. The molecule has 0 aromatic heterocycles. The van der Waals surface area contributed by atoms with E-state index >= 15 is 0 Å². The number of carbonyl (C=O) groups is 1. The summed E-state index contributed by atoms with van der Waals surface area (Å²) in [5.41, 5.74) is 2.17. The molecule has 0 bridgehead atoms. The highest BCUT2D eigenvalue weighted by molar-refractivity contribution is 5.95. The number of carbonyl (C=O) groups excluding carboxylic acids is 1. The highest BCUT2D eigenvalue weighted by Gasteiger charge is 2.21. The number of amides is 1. The Morgan fingerprint density at radius 1 is 1.05 bits per heavy atom. The Labute approximate surface area is 126 Å². The Kier molecular flexibility index (Phi) is 4.76. The van der Waals surface area contributed by atoms with Gasteiger partial charge in [-0.1, -0.05) is 12.8 Å². The van der Waals surface area contributed by atoms with E-state index in [-0.39, 0.29) is 11.9 Å². The summed E-state index contributed by atoms with van der Waals surface area (Å²) >= 11 is 0. The highest BCUT2D eigenvalue weighted by Crippen LogP contribution is 2.22. The van der Waals surface area contributed by atoms with Crippen LogP contribution in [-0.2, 0) is 4.79 Å². The average Bonchev–Trinajstić information content (AvgIpc) is 2.91. The van der Waals surface area contributed by atoms with Gasteiger partial charge in [0.15, 0.2) is 0 Å². The van der Waals surface area contributed by atoms with Gasteiger partial charge in [0.25, 0.3) is 0 Å². The van der Waals surface area contributed by atoms with Gasteiger partial charge >= 0.3 is 0 Å². The zero-order valence-electron chi connectivity index (χ0n) is 12.6. The second-order valence-electron chi connectivity index (χ2n) is 6.09. The molecular weight excluding hydrogens is 262 g/mol. The first kappa shape index (κ1) is 14.4. The van der Waals surface area contributed by atoms with Crippen LogP contribution in [0.4, 0.5) is 11.4 Å². The van der Waals surface area contributed by atoms with Crippen LogP contribution in [0.1, 0.15) is 38.5 Å². The predicted molar refractivity (Wildman–Crippen MR) is 86.8 cm³/mol. The molecule has 114 valence electrons. The molecule has 2 saturated heterocycles. The Morgan fingerprint density at radius 3 is 2.38 bits per heavy atom. The van der Waals surface area contributed by atoms with Gasteiger partial charge in [0.2, 0.25) is 5.91 Å². The zero-order chi connectivity index (χ0) is 14.5. The maximum atomic E-state index is 12.1. The predicted octanol–water partition coefficient (Wildman–Crippen LogP) is 2.76. The third kappa shape index (κ3) is 3.76. The lowest BCUT2D eigenvalue weighted by molar-refractivity contribution is -0.117. The van der Waals surface area contributed by atoms with E-state index in [9.17, 15) is 4.79 Å². The number of hydrogen-bond acceptors (Lipinski definition) is 3. The minimum atomic E-state index is -0.0183. The molecule has 2 fully saturated rings. The molecule has 0 radical (unpaired) electrons. The van der Waals surface area contributed by atoms with Crippen LogP contribution in [0.15, 0.2) is 24.3 Å². The minimum absolute atomic E-state index is 0.0183. The fourth-order valence-corrected chi connectivity index (χ4v) is 3.22. The number of anilines is 2. The van der Waals surface area contributed by atoms with Crippen LogP contribution in [0.25, 0.3) is 0 Å². The van der Waals surface area contributed by atoms with E-state index in [1.807, 2.05) is 12.1 Å². The van der Waals surface area contributed by atoms with E-state index in [1.165, 1.54) is 31.4 Å². The third-order valence-electron chi connectivity index (χ3n) is 4.48. The van der Waals surface area contributed by atoms with Gasteiger partial charge in [0, 0.05) is 24.5 Å². The maximum Gasteiger partial charge on any atom is 0.241 e. The second kappa shape index (κ2) is 6.94. The molecule has 4 nitrogen and oxygen atoms in total. The smallest absolute Gasteiger partial charge is 0.241 e. The van der Waals surface area contributed by atoms with Gasteiger partial charge in [0.05, 0.1) is 6.04 Å². The molecule has 1 aromatic carbocycles. The lowest BCUT2D eigenvalue weighted by Gasteiger charge is -2.23. The number of hydrogen-bond donors (Lipinski definition) is 2. The second-order valence-corrected chi connectivity index (χ2v) is 6.09. The Morgan fingerprint density at radius 2 is 1.76 bits per heavy atom. The lowest BCUT2D eigenvalue weighted by Crippen LogP contribution is -2.35. The van der Waals surface area contributed by atoms with Gasteiger partial charge in [-0.25, -0.2) is 0 Å². The van der Waals surface area contributed by atoms with Crippen LogP contribution < -0.4 is 15.5 Å². The highest BCUT2D eigenvalue weighted by atomic mass is 16.2. The van der Waals surface area contributed by atoms with Gasteiger partial charge in [0.1, 0.15) is 0 Å². The number of benzene rings is 1. The molecule has 4 heteroatoms. The molecule has 2 aliphatic heterocycles. The van der Waals surface area contributed by atoms with Crippen LogP contribution in [0, 0.1) is 0 Å². The first-order chi connectivity index (χ1) is 10.3. The molecule has 0 unspecified atom stereocenters. The molecule has 2 N–H and O–H groups in total. The minimum Gasteiger partial charge on any atom is -0.372 e. The number of nitrogens with zero attached hydrogens (tertiary/aromatic N) is 1. The summed E-state index contributed by atoms with van der Waals surface area (Å²) in [6, 6.07) is 8.28. The molecule has 3 rings (SSSR count).